The van der Waals surface area contributed by atoms with E-state index in [-0.39, 0.29) is 10.7 Å². The Kier molecular flexibility index (Phi) is 4.80. The number of thioether (sulfide) groups is 2. The normalized spacial score (nSPS) is 26.3. The first-order valence-electron chi connectivity index (χ1n) is 6.82. The predicted octanol–water partition coefficient (Wildman–Crippen LogP) is 5.84. The van der Waals surface area contributed by atoms with E-state index in [4.69, 9.17) is 0 Å². The van der Waals surface area contributed by atoms with E-state index in [0.717, 1.165) is 6.42 Å². The van der Waals surface area contributed by atoms with Gasteiger partial charge in [0.05, 0.1) is 9.64 Å². The van der Waals surface area contributed by atoms with Crippen LogP contribution in [0.1, 0.15) is 39.7 Å². The molecule has 0 N–H and O–H groups in total. The van der Waals surface area contributed by atoms with Gasteiger partial charge in [0.15, 0.2) is 23.3 Å². The maximum Gasteiger partial charge on any atom is 0.200 e. The van der Waals surface area contributed by atoms with Crippen LogP contribution in [0.3, 0.4) is 0 Å². The number of rotatable bonds is 1. The fourth-order valence-electron chi connectivity index (χ4n) is 2.47. The summed E-state index contributed by atoms with van der Waals surface area (Å²) in [4.78, 5) is 0. The molecule has 1 aliphatic rings. The Morgan fingerprint density at radius 2 is 1.36 bits per heavy atom. The van der Waals surface area contributed by atoms with Crippen LogP contribution in [0, 0.1) is 34.5 Å². The van der Waals surface area contributed by atoms with E-state index in [1.807, 2.05) is 20.8 Å². The van der Waals surface area contributed by atoms with Gasteiger partial charge >= 0.3 is 0 Å². The Morgan fingerprint density at radius 1 is 0.909 bits per heavy atom. The van der Waals surface area contributed by atoms with Gasteiger partial charge in [0.25, 0.3) is 0 Å². The van der Waals surface area contributed by atoms with Crippen LogP contribution >= 0.6 is 23.5 Å². The molecule has 0 amide bonds. The smallest absolute Gasteiger partial charge is 0.200 e. The van der Waals surface area contributed by atoms with Gasteiger partial charge < -0.3 is 0 Å². The lowest BCUT2D eigenvalue weighted by Gasteiger charge is -2.43. The molecule has 2 atom stereocenters. The zero-order chi connectivity index (χ0) is 16.9. The van der Waals surface area contributed by atoms with Crippen molar-refractivity contribution in [2.75, 3.05) is 5.75 Å². The number of halogens is 5. The zero-order valence-corrected chi connectivity index (χ0v) is 14.3. The molecule has 1 heterocycles. The third-order valence-electron chi connectivity index (χ3n) is 3.75. The number of benzene rings is 1. The van der Waals surface area contributed by atoms with Gasteiger partial charge in [0.1, 0.15) is 0 Å². The molecule has 1 unspecified atom stereocenters. The SMILES string of the molecule is CC(C)(C)C1CCS[C@](C)(c2c(F)c(F)c(F)c(F)c2F)S1. The molecule has 0 nitrogen and oxygen atoms in total. The van der Waals surface area contributed by atoms with Crippen molar-refractivity contribution >= 4 is 23.5 Å². The third-order valence-corrected chi connectivity index (χ3v) is 7.47. The lowest BCUT2D eigenvalue weighted by Crippen LogP contribution is -2.34. The van der Waals surface area contributed by atoms with Crippen molar-refractivity contribution in [3.8, 4) is 0 Å². The molecular weight excluding hydrogens is 339 g/mol. The van der Waals surface area contributed by atoms with Gasteiger partial charge in [0.2, 0.25) is 5.82 Å². The topological polar surface area (TPSA) is 0 Å². The number of hydrogen-bond donors (Lipinski definition) is 0. The van der Waals surface area contributed by atoms with E-state index in [1.165, 1.54) is 30.4 Å². The Hall–Kier alpha value is -0.430. The summed E-state index contributed by atoms with van der Waals surface area (Å²) in [5.74, 6) is -8.73. The van der Waals surface area contributed by atoms with E-state index in [1.54, 1.807) is 0 Å². The van der Waals surface area contributed by atoms with Crippen molar-refractivity contribution in [1.82, 2.24) is 0 Å². The van der Waals surface area contributed by atoms with Gasteiger partial charge in [-0.25, -0.2) is 22.0 Å². The molecule has 124 valence electrons. The molecule has 7 heteroatoms. The summed E-state index contributed by atoms with van der Waals surface area (Å²) in [6.45, 7) is 7.53. The molecule has 1 saturated heterocycles. The number of hydrogen-bond acceptors (Lipinski definition) is 2. The minimum atomic E-state index is -2.11. The Morgan fingerprint density at radius 3 is 1.82 bits per heavy atom. The van der Waals surface area contributed by atoms with E-state index in [2.05, 4.69) is 0 Å². The summed E-state index contributed by atoms with van der Waals surface area (Å²) in [6, 6.07) is 0. The Labute approximate surface area is 135 Å². The average Bonchev–Trinajstić information content (AvgIpc) is 2.42. The van der Waals surface area contributed by atoms with Crippen molar-refractivity contribution in [3.63, 3.8) is 0 Å². The molecule has 0 radical (unpaired) electrons. The minimum absolute atomic E-state index is 0.0636. The van der Waals surface area contributed by atoms with Crippen LogP contribution in [0.4, 0.5) is 22.0 Å². The molecule has 0 spiro atoms. The minimum Gasteiger partial charge on any atom is -0.203 e. The van der Waals surface area contributed by atoms with Crippen molar-refractivity contribution < 1.29 is 22.0 Å². The molecule has 1 aliphatic heterocycles. The zero-order valence-electron chi connectivity index (χ0n) is 12.7. The fourth-order valence-corrected chi connectivity index (χ4v) is 5.99. The lowest BCUT2D eigenvalue weighted by molar-refractivity contribution is 0.366. The first-order chi connectivity index (χ1) is 9.99. The van der Waals surface area contributed by atoms with Gasteiger partial charge in [-0.2, -0.15) is 0 Å². The summed E-state index contributed by atoms with van der Waals surface area (Å²) in [6.07, 6.45) is 0.823. The second-order valence-corrected chi connectivity index (χ2v) is 9.89. The fraction of sp³-hybridized carbons (Fsp3) is 0.600. The van der Waals surface area contributed by atoms with Crippen LogP contribution in [0.15, 0.2) is 0 Å². The molecule has 0 saturated carbocycles. The first kappa shape index (κ1) is 17.9. The first-order valence-corrected chi connectivity index (χ1v) is 8.69. The highest BCUT2D eigenvalue weighted by atomic mass is 32.2. The molecule has 1 aromatic rings. The van der Waals surface area contributed by atoms with Gasteiger partial charge in [0, 0.05) is 5.25 Å². The van der Waals surface area contributed by atoms with Crippen molar-refractivity contribution in [3.05, 3.63) is 34.6 Å². The highest BCUT2D eigenvalue weighted by Gasteiger charge is 2.45. The molecule has 0 aromatic heterocycles. The van der Waals surface area contributed by atoms with Crippen molar-refractivity contribution in [2.24, 2.45) is 5.41 Å². The van der Waals surface area contributed by atoms with Gasteiger partial charge in [-0.1, -0.05) is 20.8 Å². The van der Waals surface area contributed by atoms with Crippen LogP contribution in [0.5, 0.6) is 0 Å². The van der Waals surface area contributed by atoms with Gasteiger partial charge in [-0.3, -0.25) is 0 Å². The van der Waals surface area contributed by atoms with E-state index >= 15 is 0 Å². The molecule has 0 aliphatic carbocycles. The maximum atomic E-state index is 14.1. The molecule has 0 bridgehead atoms. The van der Waals surface area contributed by atoms with Crippen molar-refractivity contribution in [1.29, 1.82) is 0 Å². The Bertz CT molecular complexity index is 568. The summed E-state index contributed by atoms with van der Waals surface area (Å²) < 4.78 is 67.2. The van der Waals surface area contributed by atoms with E-state index < -0.39 is 38.7 Å². The highest BCUT2D eigenvalue weighted by molar-refractivity contribution is 8.18. The largest absolute Gasteiger partial charge is 0.203 e. The van der Waals surface area contributed by atoms with Gasteiger partial charge in [-0.05, 0) is 24.5 Å². The second-order valence-electron chi connectivity index (χ2n) is 6.50. The van der Waals surface area contributed by atoms with Crippen LogP contribution in [-0.2, 0) is 4.08 Å². The highest BCUT2D eigenvalue weighted by Crippen LogP contribution is 2.57. The Balaban J connectivity index is 2.55. The molecular formula is C15H17F5S2. The van der Waals surface area contributed by atoms with Gasteiger partial charge in [-0.15, -0.1) is 23.5 Å². The third kappa shape index (κ3) is 2.98. The summed E-state index contributed by atoms with van der Waals surface area (Å²) in [5, 5.41) is 0.0636. The van der Waals surface area contributed by atoms with Crippen LogP contribution in [0.25, 0.3) is 0 Å². The quantitative estimate of drug-likeness (QED) is 0.352. The molecule has 2 rings (SSSR count). The van der Waals surface area contributed by atoms with E-state index in [0.29, 0.717) is 5.75 Å². The summed E-state index contributed by atoms with van der Waals surface area (Å²) >= 11 is 2.49. The molecule has 22 heavy (non-hydrogen) atoms. The average molecular weight is 356 g/mol. The summed E-state index contributed by atoms with van der Waals surface area (Å²) in [5.41, 5.74) is -0.857. The van der Waals surface area contributed by atoms with Crippen molar-refractivity contribution in [2.45, 2.75) is 43.4 Å². The monoisotopic (exact) mass is 356 g/mol. The van der Waals surface area contributed by atoms with E-state index in [9.17, 15) is 22.0 Å². The standard InChI is InChI=1S/C15H17F5S2/c1-14(2,3)7-5-6-21-15(4,22-7)8-9(16)11(18)13(20)12(19)10(8)17/h7H,5-6H2,1-4H3/t7?,15-/m0/s1. The summed E-state index contributed by atoms with van der Waals surface area (Å²) in [7, 11) is 0. The van der Waals surface area contributed by atoms with Crippen LogP contribution in [-0.4, -0.2) is 11.0 Å². The molecule has 1 fully saturated rings. The lowest BCUT2D eigenvalue weighted by atomic mass is 9.90. The van der Waals surface area contributed by atoms with Crippen LogP contribution < -0.4 is 0 Å². The molecule has 1 aromatic carbocycles. The maximum absolute atomic E-state index is 14.1. The predicted molar refractivity (Wildman–Crippen MR) is 81.5 cm³/mol. The second kappa shape index (κ2) is 5.89. The van der Waals surface area contributed by atoms with Crippen LogP contribution in [0.2, 0.25) is 0 Å².